The Balaban J connectivity index is 1.81. The average Bonchev–Trinajstić information content (AvgIpc) is 3.33. The first-order valence-electron chi connectivity index (χ1n) is 9.97. The second kappa shape index (κ2) is 8.23. The van der Waals surface area contributed by atoms with Gasteiger partial charge in [0.25, 0.3) is 0 Å². The van der Waals surface area contributed by atoms with Crippen LogP contribution in [-0.2, 0) is 20.7 Å². The Morgan fingerprint density at radius 3 is 2.35 bits per heavy atom. The number of ether oxygens (including phenoxy) is 3. The normalized spacial score (nSPS) is 23.2. The van der Waals surface area contributed by atoms with Crippen LogP contribution in [0.5, 0.6) is 5.75 Å². The maximum Gasteiger partial charge on any atom is 0.416 e. The lowest BCUT2D eigenvalue weighted by atomic mass is 9.80. The molecule has 2 aliphatic heterocycles. The van der Waals surface area contributed by atoms with E-state index in [9.17, 15) is 18.0 Å². The zero-order valence-corrected chi connectivity index (χ0v) is 16.8. The van der Waals surface area contributed by atoms with Crippen LogP contribution < -0.4 is 4.74 Å². The Hall–Kier alpha value is -3.06. The first-order chi connectivity index (χ1) is 14.8. The maximum absolute atomic E-state index is 14.3. The van der Waals surface area contributed by atoms with Gasteiger partial charge < -0.3 is 14.2 Å². The summed E-state index contributed by atoms with van der Waals surface area (Å²) in [5, 5.41) is 0. The molecule has 4 nitrogen and oxygen atoms in total. The Kier molecular flexibility index (Phi) is 5.62. The summed E-state index contributed by atoms with van der Waals surface area (Å²) < 4.78 is 59.8. The van der Waals surface area contributed by atoms with Gasteiger partial charge in [0.1, 0.15) is 18.0 Å². The van der Waals surface area contributed by atoms with E-state index in [1.807, 2.05) is 18.2 Å². The molecule has 4 rings (SSSR count). The third-order valence-corrected chi connectivity index (χ3v) is 5.33. The number of carbonyl (C=O) groups is 1. The number of rotatable bonds is 7. The predicted molar refractivity (Wildman–Crippen MR) is 107 cm³/mol. The fourth-order valence-corrected chi connectivity index (χ4v) is 4.09. The summed E-state index contributed by atoms with van der Waals surface area (Å²) in [4.78, 5) is 12.4. The Labute approximate surface area is 177 Å². The standard InChI is InChI=1S/C24H21F3O4/c1-2-29-22(28)20-18-13-14-23(31-18,21(20)24(25,26)27)19(15-16-9-5-3-6-10-16)30-17-11-7-4-8-12-17/h3-14,18-19H,2,15H2,1H3. The van der Waals surface area contributed by atoms with E-state index >= 15 is 0 Å². The highest BCUT2D eigenvalue weighted by molar-refractivity contribution is 5.93. The van der Waals surface area contributed by atoms with Crippen molar-refractivity contribution in [2.24, 2.45) is 0 Å². The first-order valence-corrected chi connectivity index (χ1v) is 9.97. The maximum atomic E-state index is 14.3. The molecule has 3 unspecified atom stereocenters. The number of para-hydroxylation sites is 1. The largest absolute Gasteiger partial charge is 0.486 e. The third kappa shape index (κ3) is 3.97. The van der Waals surface area contributed by atoms with Crippen molar-refractivity contribution in [1.82, 2.24) is 0 Å². The summed E-state index contributed by atoms with van der Waals surface area (Å²) in [5.74, 6) is -0.617. The molecule has 162 valence electrons. The van der Waals surface area contributed by atoms with Crippen LogP contribution in [0.25, 0.3) is 0 Å². The Morgan fingerprint density at radius 2 is 1.74 bits per heavy atom. The van der Waals surface area contributed by atoms with Gasteiger partial charge in [0, 0.05) is 6.42 Å². The lowest BCUT2D eigenvalue weighted by Gasteiger charge is -2.36. The zero-order valence-electron chi connectivity index (χ0n) is 16.8. The topological polar surface area (TPSA) is 44.8 Å². The molecule has 0 aromatic heterocycles. The smallest absolute Gasteiger partial charge is 0.416 e. The van der Waals surface area contributed by atoms with E-state index in [-0.39, 0.29) is 13.0 Å². The minimum absolute atomic E-state index is 0.0368. The Bertz CT molecular complexity index is 957. The van der Waals surface area contributed by atoms with Crippen LogP contribution in [-0.4, -0.2) is 36.6 Å². The molecule has 0 spiro atoms. The van der Waals surface area contributed by atoms with Crippen LogP contribution in [0.15, 0.2) is 84.0 Å². The van der Waals surface area contributed by atoms with Crippen LogP contribution in [0.3, 0.4) is 0 Å². The third-order valence-electron chi connectivity index (χ3n) is 5.33. The highest BCUT2D eigenvalue weighted by Crippen LogP contribution is 2.53. The lowest BCUT2D eigenvalue weighted by Crippen LogP contribution is -2.50. The van der Waals surface area contributed by atoms with E-state index < -0.39 is 41.1 Å². The summed E-state index contributed by atoms with van der Waals surface area (Å²) in [5.41, 5.74) is -2.74. The van der Waals surface area contributed by atoms with Gasteiger partial charge >= 0.3 is 12.1 Å². The minimum Gasteiger partial charge on any atom is -0.486 e. The molecule has 0 radical (unpaired) electrons. The molecule has 2 aromatic rings. The number of esters is 1. The molecule has 2 bridgehead atoms. The molecule has 0 aliphatic carbocycles. The van der Waals surface area contributed by atoms with Crippen LogP contribution in [0.1, 0.15) is 12.5 Å². The molecular weight excluding hydrogens is 409 g/mol. The number of benzene rings is 2. The number of hydrogen-bond acceptors (Lipinski definition) is 4. The molecule has 0 amide bonds. The van der Waals surface area contributed by atoms with Crippen LogP contribution in [0.4, 0.5) is 13.2 Å². The molecule has 2 aliphatic rings. The van der Waals surface area contributed by atoms with E-state index in [1.165, 1.54) is 12.2 Å². The average molecular weight is 430 g/mol. The number of fused-ring (bicyclic) bond motifs is 2. The fraction of sp³-hybridized carbons (Fsp3) is 0.292. The van der Waals surface area contributed by atoms with Gasteiger partial charge in [-0.3, -0.25) is 0 Å². The predicted octanol–water partition coefficient (Wildman–Crippen LogP) is 4.81. The van der Waals surface area contributed by atoms with Crippen LogP contribution in [0, 0.1) is 0 Å². The lowest BCUT2D eigenvalue weighted by molar-refractivity contribution is -0.140. The van der Waals surface area contributed by atoms with Crippen molar-refractivity contribution in [1.29, 1.82) is 0 Å². The Morgan fingerprint density at radius 1 is 1.10 bits per heavy atom. The summed E-state index contributed by atoms with van der Waals surface area (Å²) in [7, 11) is 0. The molecular formula is C24H21F3O4. The van der Waals surface area contributed by atoms with Crippen molar-refractivity contribution >= 4 is 5.97 Å². The monoisotopic (exact) mass is 430 g/mol. The van der Waals surface area contributed by atoms with Crippen LogP contribution in [0.2, 0.25) is 0 Å². The van der Waals surface area contributed by atoms with Gasteiger partial charge in [0.15, 0.2) is 5.60 Å². The number of carbonyl (C=O) groups excluding carboxylic acids is 1. The second-order valence-electron chi connectivity index (χ2n) is 7.31. The highest BCUT2D eigenvalue weighted by Gasteiger charge is 2.64. The van der Waals surface area contributed by atoms with E-state index in [4.69, 9.17) is 14.2 Å². The molecule has 3 atom stereocenters. The number of hydrogen-bond donors (Lipinski definition) is 0. The summed E-state index contributed by atoms with van der Waals surface area (Å²) in [6.07, 6.45) is -4.04. The van der Waals surface area contributed by atoms with E-state index in [0.717, 1.165) is 5.56 Å². The quantitative estimate of drug-likeness (QED) is 0.467. The summed E-state index contributed by atoms with van der Waals surface area (Å²) in [6, 6.07) is 17.7. The molecule has 2 heterocycles. The van der Waals surface area contributed by atoms with Gasteiger partial charge in [-0.1, -0.05) is 54.6 Å². The van der Waals surface area contributed by atoms with E-state index in [2.05, 4.69) is 0 Å². The number of halogens is 3. The second-order valence-corrected chi connectivity index (χ2v) is 7.31. The SMILES string of the molecule is CCOC(=O)C1=C(C(F)(F)F)C2(C(Cc3ccccc3)Oc3ccccc3)C=CC1O2. The highest BCUT2D eigenvalue weighted by atomic mass is 19.4. The minimum atomic E-state index is -4.81. The molecule has 31 heavy (non-hydrogen) atoms. The first kappa shape index (κ1) is 21.2. The summed E-state index contributed by atoms with van der Waals surface area (Å²) >= 11 is 0. The molecule has 7 heteroatoms. The molecule has 2 aromatic carbocycles. The van der Waals surface area contributed by atoms with Gasteiger partial charge in [0.2, 0.25) is 0 Å². The summed E-state index contributed by atoms with van der Waals surface area (Å²) in [6.45, 7) is 1.51. The molecule has 0 saturated heterocycles. The van der Waals surface area contributed by atoms with Crippen LogP contribution >= 0.6 is 0 Å². The van der Waals surface area contributed by atoms with Crippen molar-refractivity contribution in [3.05, 3.63) is 89.5 Å². The van der Waals surface area contributed by atoms with Gasteiger partial charge in [-0.25, -0.2) is 4.79 Å². The molecule has 0 saturated carbocycles. The van der Waals surface area contributed by atoms with Gasteiger partial charge in [0.05, 0.1) is 17.8 Å². The van der Waals surface area contributed by atoms with Crippen molar-refractivity contribution in [3.8, 4) is 5.75 Å². The van der Waals surface area contributed by atoms with Crippen molar-refractivity contribution in [2.45, 2.75) is 37.3 Å². The van der Waals surface area contributed by atoms with Crippen molar-refractivity contribution in [3.63, 3.8) is 0 Å². The zero-order chi connectivity index (χ0) is 22.1. The number of alkyl halides is 3. The van der Waals surface area contributed by atoms with Gasteiger partial charge in [-0.2, -0.15) is 13.2 Å². The molecule has 0 fully saturated rings. The van der Waals surface area contributed by atoms with Crippen molar-refractivity contribution < 1.29 is 32.2 Å². The van der Waals surface area contributed by atoms with Gasteiger partial charge in [-0.15, -0.1) is 0 Å². The van der Waals surface area contributed by atoms with E-state index in [1.54, 1.807) is 49.4 Å². The van der Waals surface area contributed by atoms with E-state index in [0.29, 0.717) is 5.75 Å². The fourth-order valence-electron chi connectivity index (χ4n) is 4.09. The van der Waals surface area contributed by atoms with Crippen molar-refractivity contribution in [2.75, 3.05) is 6.61 Å². The van der Waals surface area contributed by atoms with Gasteiger partial charge in [-0.05, 0) is 30.7 Å². The molecule has 0 N–H and O–H groups in total.